The first-order valence-electron chi connectivity index (χ1n) is 4.80. The summed E-state index contributed by atoms with van der Waals surface area (Å²) in [6.07, 6.45) is 1.18. The van der Waals surface area contributed by atoms with E-state index >= 15 is 0 Å². The molecule has 3 heteroatoms. The zero-order valence-corrected chi connectivity index (χ0v) is 8.93. The highest BCUT2D eigenvalue weighted by Crippen LogP contribution is 2.19. The zero-order chi connectivity index (χ0) is 9.14. The summed E-state index contributed by atoms with van der Waals surface area (Å²) < 4.78 is 0. The van der Waals surface area contributed by atoms with Crippen LogP contribution in [0.4, 0.5) is 0 Å². The molecule has 0 bridgehead atoms. The molecule has 1 aliphatic heterocycles. The Morgan fingerprint density at radius 1 is 1.58 bits per heavy atom. The van der Waals surface area contributed by atoms with Gasteiger partial charge in [0.05, 0.1) is 5.38 Å². The predicted molar refractivity (Wildman–Crippen MR) is 53.3 cm³/mol. The number of hydrogen-bond acceptors (Lipinski definition) is 2. The molecule has 0 radical (unpaired) electrons. The van der Waals surface area contributed by atoms with Crippen LogP contribution in [0.1, 0.15) is 27.2 Å². The number of hydrazine groups is 1. The minimum Gasteiger partial charge on any atom is -0.250 e. The molecule has 0 spiro atoms. The lowest BCUT2D eigenvalue weighted by Crippen LogP contribution is -2.39. The highest BCUT2D eigenvalue weighted by molar-refractivity contribution is 6.21. The quantitative estimate of drug-likeness (QED) is 0.684. The molecule has 1 N–H and O–H groups in total. The standard InChI is InChI=1S/C9H19ClN2/c1-4-5-12-6-8(10)9(11-12)7(2)3/h7-9,11H,4-6H2,1-3H3. The normalized spacial score (nSPS) is 31.8. The zero-order valence-electron chi connectivity index (χ0n) is 8.18. The molecule has 2 atom stereocenters. The molecular weight excluding hydrogens is 172 g/mol. The van der Waals surface area contributed by atoms with Crippen molar-refractivity contribution in [2.75, 3.05) is 13.1 Å². The molecule has 0 aliphatic carbocycles. The predicted octanol–water partition coefficient (Wildman–Crippen LogP) is 1.85. The van der Waals surface area contributed by atoms with Gasteiger partial charge in [0.2, 0.25) is 0 Å². The maximum absolute atomic E-state index is 6.20. The summed E-state index contributed by atoms with van der Waals surface area (Å²) in [7, 11) is 0. The second-order valence-corrected chi connectivity index (χ2v) is 4.42. The van der Waals surface area contributed by atoms with Gasteiger partial charge in [-0.2, -0.15) is 0 Å². The number of nitrogens with zero attached hydrogens (tertiary/aromatic N) is 1. The van der Waals surface area contributed by atoms with Crippen LogP contribution >= 0.6 is 11.6 Å². The molecule has 0 amide bonds. The molecular formula is C9H19ClN2. The van der Waals surface area contributed by atoms with Crippen molar-refractivity contribution >= 4 is 11.6 Å². The van der Waals surface area contributed by atoms with Crippen LogP contribution in [0.15, 0.2) is 0 Å². The van der Waals surface area contributed by atoms with Gasteiger partial charge in [0, 0.05) is 19.1 Å². The van der Waals surface area contributed by atoms with Gasteiger partial charge in [-0.05, 0) is 12.3 Å². The molecule has 0 saturated carbocycles. The second kappa shape index (κ2) is 4.45. The third kappa shape index (κ3) is 2.35. The van der Waals surface area contributed by atoms with Gasteiger partial charge in [-0.25, -0.2) is 5.01 Å². The molecule has 1 rings (SSSR count). The summed E-state index contributed by atoms with van der Waals surface area (Å²) in [6.45, 7) is 8.70. The Kier molecular flexibility index (Phi) is 3.81. The van der Waals surface area contributed by atoms with Gasteiger partial charge in [0.15, 0.2) is 0 Å². The van der Waals surface area contributed by atoms with Gasteiger partial charge in [-0.15, -0.1) is 11.6 Å². The van der Waals surface area contributed by atoms with Crippen LogP contribution in [-0.4, -0.2) is 29.5 Å². The summed E-state index contributed by atoms with van der Waals surface area (Å²) in [5.74, 6) is 0.620. The first-order chi connectivity index (χ1) is 5.65. The highest BCUT2D eigenvalue weighted by Gasteiger charge is 2.31. The average molecular weight is 191 g/mol. The molecule has 12 heavy (non-hydrogen) atoms. The smallest absolute Gasteiger partial charge is 0.0646 e. The number of halogens is 1. The third-order valence-corrected chi connectivity index (χ3v) is 2.74. The second-order valence-electron chi connectivity index (χ2n) is 3.86. The number of rotatable bonds is 3. The summed E-state index contributed by atoms with van der Waals surface area (Å²) in [5, 5.41) is 2.51. The van der Waals surface area contributed by atoms with Crippen molar-refractivity contribution < 1.29 is 0 Å². The summed E-state index contributed by atoms with van der Waals surface area (Å²) in [6, 6.07) is 0.457. The minimum absolute atomic E-state index is 0.275. The molecule has 0 aromatic heterocycles. The summed E-state index contributed by atoms with van der Waals surface area (Å²) in [5.41, 5.74) is 3.44. The molecule has 1 aliphatic rings. The highest BCUT2D eigenvalue weighted by atomic mass is 35.5. The van der Waals surface area contributed by atoms with Gasteiger partial charge < -0.3 is 0 Å². The SMILES string of the molecule is CCCN1CC(Cl)C(C(C)C)N1. The van der Waals surface area contributed by atoms with E-state index < -0.39 is 0 Å². The van der Waals surface area contributed by atoms with Crippen molar-refractivity contribution in [2.45, 2.75) is 38.6 Å². The monoisotopic (exact) mass is 190 g/mol. The van der Waals surface area contributed by atoms with Crippen LogP contribution in [0.25, 0.3) is 0 Å². The van der Waals surface area contributed by atoms with Crippen LogP contribution in [0.5, 0.6) is 0 Å². The van der Waals surface area contributed by atoms with Gasteiger partial charge in [-0.3, -0.25) is 5.43 Å². The van der Waals surface area contributed by atoms with E-state index in [0.29, 0.717) is 12.0 Å². The van der Waals surface area contributed by atoms with Gasteiger partial charge in [0.1, 0.15) is 0 Å². The molecule has 1 fully saturated rings. The van der Waals surface area contributed by atoms with Crippen molar-refractivity contribution in [3.8, 4) is 0 Å². The van der Waals surface area contributed by atoms with Crippen molar-refractivity contribution in [3.63, 3.8) is 0 Å². The maximum Gasteiger partial charge on any atom is 0.0646 e. The van der Waals surface area contributed by atoms with Crippen LogP contribution < -0.4 is 5.43 Å². The summed E-state index contributed by atoms with van der Waals surface area (Å²) >= 11 is 6.20. The van der Waals surface area contributed by atoms with Crippen molar-refractivity contribution in [1.82, 2.24) is 10.4 Å². The maximum atomic E-state index is 6.20. The Hall–Kier alpha value is 0.210. The Morgan fingerprint density at radius 3 is 2.67 bits per heavy atom. The van der Waals surface area contributed by atoms with Crippen LogP contribution in [0.2, 0.25) is 0 Å². The van der Waals surface area contributed by atoms with Gasteiger partial charge in [0.25, 0.3) is 0 Å². The summed E-state index contributed by atoms with van der Waals surface area (Å²) in [4.78, 5) is 0. The van der Waals surface area contributed by atoms with E-state index in [1.807, 2.05) is 0 Å². The first-order valence-corrected chi connectivity index (χ1v) is 5.24. The Bertz CT molecular complexity index is 138. The average Bonchev–Trinajstić information content (AvgIpc) is 2.32. The van der Waals surface area contributed by atoms with E-state index in [1.165, 1.54) is 6.42 Å². The number of hydrogen-bond donors (Lipinski definition) is 1. The molecule has 1 heterocycles. The molecule has 1 saturated heterocycles. The van der Waals surface area contributed by atoms with Gasteiger partial charge in [-0.1, -0.05) is 20.8 Å². The van der Waals surface area contributed by atoms with E-state index in [-0.39, 0.29) is 5.38 Å². The van der Waals surface area contributed by atoms with Crippen LogP contribution in [0, 0.1) is 5.92 Å². The van der Waals surface area contributed by atoms with E-state index in [9.17, 15) is 0 Å². The third-order valence-electron chi connectivity index (χ3n) is 2.33. The van der Waals surface area contributed by atoms with Crippen LogP contribution in [0.3, 0.4) is 0 Å². The fourth-order valence-electron chi connectivity index (χ4n) is 1.66. The van der Waals surface area contributed by atoms with Crippen molar-refractivity contribution in [1.29, 1.82) is 0 Å². The fraction of sp³-hybridized carbons (Fsp3) is 1.00. The van der Waals surface area contributed by atoms with Crippen LogP contribution in [-0.2, 0) is 0 Å². The number of nitrogens with one attached hydrogen (secondary N) is 1. The molecule has 2 nitrogen and oxygen atoms in total. The lowest BCUT2D eigenvalue weighted by Gasteiger charge is -2.19. The minimum atomic E-state index is 0.275. The molecule has 0 aromatic rings. The Labute approximate surface area is 80.2 Å². The van der Waals surface area contributed by atoms with E-state index in [2.05, 4.69) is 31.2 Å². The lowest BCUT2D eigenvalue weighted by molar-refractivity contribution is 0.221. The van der Waals surface area contributed by atoms with Gasteiger partial charge >= 0.3 is 0 Å². The van der Waals surface area contributed by atoms with E-state index in [1.54, 1.807) is 0 Å². The Morgan fingerprint density at radius 2 is 2.25 bits per heavy atom. The van der Waals surface area contributed by atoms with Crippen molar-refractivity contribution in [3.05, 3.63) is 0 Å². The van der Waals surface area contributed by atoms with Crippen molar-refractivity contribution in [2.24, 2.45) is 5.92 Å². The lowest BCUT2D eigenvalue weighted by atomic mass is 10.0. The molecule has 0 aromatic carbocycles. The fourth-order valence-corrected chi connectivity index (χ4v) is 2.17. The Balaban J connectivity index is 2.39. The molecule has 2 unspecified atom stereocenters. The molecule has 72 valence electrons. The largest absolute Gasteiger partial charge is 0.250 e. The number of alkyl halides is 1. The van der Waals surface area contributed by atoms with E-state index in [0.717, 1.165) is 13.1 Å². The van der Waals surface area contributed by atoms with E-state index in [4.69, 9.17) is 11.6 Å². The topological polar surface area (TPSA) is 15.3 Å². The first kappa shape index (κ1) is 10.3.